The third-order valence-corrected chi connectivity index (χ3v) is 5.85. The Bertz CT molecular complexity index is 1270. The molecule has 1 N–H and O–H groups in total. The van der Waals surface area contributed by atoms with Crippen LogP contribution in [0.25, 0.3) is 16.8 Å². The van der Waals surface area contributed by atoms with E-state index in [4.69, 9.17) is 4.74 Å². The molecule has 1 fully saturated rings. The maximum atomic E-state index is 13.7. The highest BCUT2D eigenvalue weighted by molar-refractivity contribution is 5.72. The molecule has 9 nitrogen and oxygen atoms in total. The summed E-state index contributed by atoms with van der Waals surface area (Å²) in [6, 6.07) is 7.44. The third kappa shape index (κ3) is 4.23. The number of aryl methyl sites for hydroxylation is 1. The first kappa shape index (κ1) is 21.3. The van der Waals surface area contributed by atoms with Crippen LogP contribution < -0.4 is 10.1 Å². The highest BCUT2D eigenvalue weighted by Gasteiger charge is 2.28. The first-order chi connectivity index (χ1) is 16.0. The van der Waals surface area contributed by atoms with Crippen molar-refractivity contribution in [3.63, 3.8) is 0 Å². The van der Waals surface area contributed by atoms with Gasteiger partial charge in [0.1, 0.15) is 24.4 Å². The van der Waals surface area contributed by atoms with Gasteiger partial charge >= 0.3 is 6.55 Å². The molecule has 5 rings (SSSR count). The predicted octanol–water partition coefficient (Wildman–Crippen LogP) is 3.91. The normalized spacial score (nSPS) is 16.3. The zero-order valence-electron chi connectivity index (χ0n) is 18.3. The molecular weight excluding hydrogens is 430 g/mol. The Kier molecular flexibility index (Phi) is 5.63. The van der Waals surface area contributed by atoms with Gasteiger partial charge in [-0.2, -0.15) is 23.7 Å². The summed E-state index contributed by atoms with van der Waals surface area (Å²) in [5.41, 5.74) is 2.37. The van der Waals surface area contributed by atoms with E-state index in [9.17, 15) is 8.78 Å². The maximum absolute atomic E-state index is 13.7. The van der Waals surface area contributed by atoms with E-state index in [0.717, 1.165) is 30.7 Å². The van der Waals surface area contributed by atoms with E-state index in [-0.39, 0.29) is 5.69 Å². The average Bonchev–Trinajstić information content (AvgIpc) is 3.36. The molecule has 1 atom stereocenters. The Morgan fingerprint density at radius 1 is 1.21 bits per heavy atom. The van der Waals surface area contributed by atoms with E-state index >= 15 is 0 Å². The Hall–Kier alpha value is -3.60. The molecule has 0 aromatic carbocycles. The van der Waals surface area contributed by atoms with Crippen molar-refractivity contribution in [1.82, 2.24) is 34.3 Å². The van der Waals surface area contributed by atoms with Crippen LogP contribution in [0.5, 0.6) is 5.75 Å². The standard InChI is InChI=1S/C22H24F2N8O/c1-3-30-6-5-16(30)12-33-18-11-27-32(22(23)24)21(18)15-4-7-31-17(9-15)10-20(29-31)28-19-8-14(2)25-13-26-19/h4,7-11,13,16,22H,3,5-6,12H2,1-2H3,(H,25,26,28,29)/t16-/m1/s1. The summed E-state index contributed by atoms with van der Waals surface area (Å²) in [6.45, 7) is 3.61. The van der Waals surface area contributed by atoms with Crippen molar-refractivity contribution < 1.29 is 13.5 Å². The highest BCUT2D eigenvalue weighted by atomic mass is 19.3. The Balaban J connectivity index is 1.43. The fraction of sp³-hybridized carbons (Fsp3) is 0.364. The molecule has 0 spiro atoms. The van der Waals surface area contributed by atoms with Crippen molar-refractivity contribution in [1.29, 1.82) is 0 Å². The Morgan fingerprint density at radius 2 is 2.09 bits per heavy atom. The summed E-state index contributed by atoms with van der Waals surface area (Å²) >= 11 is 0. The second-order valence-corrected chi connectivity index (χ2v) is 7.95. The number of likely N-dealkylation sites (N-methyl/N-ethyl adjacent to an activating group) is 1. The van der Waals surface area contributed by atoms with E-state index in [0.29, 0.717) is 40.3 Å². The molecule has 0 saturated carbocycles. The monoisotopic (exact) mass is 454 g/mol. The second-order valence-electron chi connectivity index (χ2n) is 7.95. The number of hydrogen-bond acceptors (Lipinski definition) is 7. The zero-order valence-corrected chi connectivity index (χ0v) is 18.3. The molecule has 0 radical (unpaired) electrons. The van der Waals surface area contributed by atoms with E-state index in [1.165, 1.54) is 12.5 Å². The van der Waals surface area contributed by atoms with Crippen LogP contribution >= 0.6 is 0 Å². The Labute approximate surface area is 189 Å². The van der Waals surface area contributed by atoms with Gasteiger partial charge in [-0.25, -0.2) is 14.5 Å². The second kappa shape index (κ2) is 8.74. The van der Waals surface area contributed by atoms with Crippen LogP contribution in [0.1, 0.15) is 25.6 Å². The summed E-state index contributed by atoms with van der Waals surface area (Å²) in [4.78, 5) is 10.6. The number of alkyl halides is 2. The number of rotatable bonds is 8. The lowest BCUT2D eigenvalue weighted by Crippen LogP contribution is -2.50. The van der Waals surface area contributed by atoms with Crippen LogP contribution in [-0.4, -0.2) is 60.0 Å². The molecule has 4 aromatic heterocycles. The number of pyridine rings is 1. The third-order valence-electron chi connectivity index (χ3n) is 5.85. The summed E-state index contributed by atoms with van der Waals surface area (Å²) in [7, 11) is 0. The van der Waals surface area contributed by atoms with Crippen LogP contribution in [0, 0.1) is 6.92 Å². The molecule has 5 heterocycles. The van der Waals surface area contributed by atoms with E-state index in [1.807, 2.05) is 19.1 Å². The number of nitrogens with zero attached hydrogens (tertiary/aromatic N) is 7. The van der Waals surface area contributed by atoms with Crippen LogP contribution in [-0.2, 0) is 0 Å². The van der Waals surface area contributed by atoms with E-state index < -0.39 is 6.55 Å². The molecular formula is C22H24F2N8O. The van der Waals surface area contributed by atoms with Crippen LogP contribution in [0.2, 0.25) is 0 Å². The molecule has 0 amide bonds. The van der Waals surface area contributed by atoms with Crippen molar-refractivity contribution in [3.05, 3.63) is 48.7 Å². The van der Waals surface area contributed by atoms with Crippen molar-refractivity contribution in [2.24, 2.45) is 0 Å². The molecule has 1 saturated heterocycles. The molecule has 0 aliphatic carbocycles. The number of nitrogens with one attached hydrogen (secondary N) is 1. The minimum atomic E-state index is -2.78. The highest BCUT2D eigenvalue weighted by Crippen LogP contribution is 2.34. The number of likely N-dealkylation sites (tertiary alicyclic amines) is 1. The SMILES string of the molecule is CCN1CC[C@@H]1COc1cnn(C(F)F)c1-c1ccn2nc(Nc3cc(C)ncn3)cc2c1. The Morgan fingerprint density at radius 3 is 2.82 bits per heavy atom. The van der Waals surface area contributed by atoms with Gasteiger partial charge in [0.05, 0.1) is 11.7 Å². The summed E-state index contributed by atoms with van der Waals surface area (Å²) in [5.74, 6) is 1.54. The molecule has 0 bridgehead atoms. The van der Waals surface area contributed by atoms with E-state index in [2.05, 4.69) is 37.3 Å². The van der Waals surface area contributed by atoms with Crippen molar-refractivity contribution in [2.75, 3.05) is 25.0 Å². The number of fused-ring (bicyclic) bond motifs is 1. The van der Waals surface area contributed by atoms with Gasteiger partial charge in [0.15, 0.2) is 11.6 Å². The van der Waals surface area contributed by atoms with Crippen molar-refractivity contribution in [2.45, 2.75) is 32.9 Å². The average molecular weight is 454 g/mol. The fourth-order valence-electron chi connectivity index (χ4n) is 4.02. The lowest BCUT2D eigenvalue weighted by molar-refractivity contribution is 0.0535. The van der Waals surface area contributed by atoms with Gasteiger partial charge in [-0.1, -0.05) is 6.92 Å². The van der Waals surface area contributed by atoms with Gasteiger partial charge in [0, 0.05) is 42.2 Å². The van der Waals surface area contributed by atoms with Crippen LogP contribution in [0.3, 0.4) is 0 Å². The van der Waals surface area contributed by atoms with Gasteiger partial charge in [-0.05, 0) is 32.0 Å². The lowest BCUT2D eigenvalue weighted by Gasteiger charge is -2.39. The molecule has 0 unspecified atom stereocenters. The number of aromatic nitrogens is 6. The maximum Gasteiger partial charge on any atom is 0.333 e. The van der Waals surface area contributed by atoms with E-state index in [1.54, 1.807) is 22.8 Å². The summed E-state index contributed by atoms with van der Waals surface area (Å²) in [5, 5.41) is 11.5. The summed E-state index contributed by atoms with van der Waals surface area (Å²) < 4.78 is 35.7. The van der Waals surface area contributed by atoms with Gasteiger partial charge < -0.3 is 10.1 Å². The van der Waals surface area contributed by atoms with Gasteiger partial charge in [0.2, 0.25) is 0 Å². The molecule has 1 aliphatic heterocycles. The smallest absolute Gasteiger partial charge is 0.333 e. The lowest BCUT2D eigenvalue weighted by atomic mass is 10.0. The van der Waals surface area contributed by atoms with Crippen LogP contribution in [0.4, 0.5) is 20.4 Å². The minimum absolute atomic E-state index is 0.247. The number of hydrogen-bond donors (Lipinski definition) is 1. The first-order valence-corrected chi connectivity index (χ1v) is 10.8. The molecule has 4 aromatic rings. The number of anilines is 2. The minimum Gasteiger partial charge on any atom is -0.488 e. The zero-order chi connectivity index (χ0) is 22.9. The summed E-state index contributed by atoms with van der Waals surface area (Å²) in [6.07, 6.45) is 5.59. The topological polar surface area (TPSA) is 85.4 Å². The first-order valence-electron chi connectivity index (χ1n) is 10.8. The quantitative estimate of drug-likeness (QED) is 0.432. The van der Waals surface area contributed by atoms with Crippen LogP contribution in [0.15, 0.2) is 43.0 Å². The molecule has 1 aliphatic rings. The van der Waals surface area contributed by atoms with Crippen molar-refractivity contribution >= 4 is 17.2 Å². The molecule has 172 valence electrons. The fourth-order valence-corrected chi connectivity index (χ4v) is 4.02. The number of ether oxygens (including phenoxy) is 1. The number of halogens is 2. The van der Waals surface area contributed by atoms with Gasteiger partial charge in [0.25, 0.3) is 0 Å². The molecule has 33 heavy (non-hydrogen) atoms. The predicted molar refractivity (Wildman–Crippen MR) is 119 cm³/mol. The van der Waals surface area contributed by atoms with Gasteiger partial charge in [-0.15, -0.1) is 0 Å². The molecule has 11 heteroatoms. The largest absolute Gasteiger partial charge is 0.488 e. The van der Waals surface area contributed by atoms with Crippen molar-refractivity contribution in [3.8, 4) is 17.0 Å². The van der Waals surface area contributed by atoms with Gasteiger partial charge in [-0.3, -0.25) is 4.90 Å².